The van der Waals surface area contributed by atoms with E-state index in [0.717, 1.165) is 149 Å². The third-order valence-corrected chi connectivity index (χ3v) is 22.8. The van der Waals surface area contributed by atoms with E-state index in [-0.39, 0.29) is 37.4 Å². The number of ketones is 2. The van der Waals surface area contributed by atoms with E-state index in [1.165, 1.54) is 6.92 Å². The molecule has 632 valence electrons. The maximum atomic E-state index is 13.2. The molecule has 15 rings (SSSR count). The first kappa shape index (κ1) is 93.3. The zero-order valence-electron chi connectivity index (χ0n) is 66.0. The molecule has 0 saturated heterocycles. The highest BCUT2D eigenvalue weighted by molar-refractivity contribution is 9.09. The van der Waals surface area contributed by atoms with Crippen LogP contribution in [0.2, 0.25) is 0 Å². The predicted octanol–water partition coefficient (Wildman–Crippen LogP) is 22.3. The van der Waals surface area contributed by atoms with Crippen molar-refractivity contribution in [2.45, 2.75) is 156 Å². The van der Waals surface area contributed by atoms with Crippen LogP contribution >= 0.6 is 28.3 Å². The van der Waals surface area contributed by atoms with Crippen LogP contribution in [0.5, 0.6) is 0 Å². The van der Waals surface area contributed by atoms with E-state index in [1.807, 2.05) is 218 Å². The molecular weight excluding hydrogens is 1650 g/mol. The summed E-state index contributed by atoms with van der Waals surface area (Å²) >= 11 is 3.40. The molecule has 0 amide bonds. The Kier molecular flexibility index (Phi) is 32.7. The van der Waals surface area contributed by atoms with E-state index in [4.69, 9.17) is 24.4 Å². The number of nitrogens with two attached hydrogens (primary N) is 1. The summed E-state index contributed by atoms with van der Waals surface area (Å²) in [5, 5.41) is 28.3. The van der Waals surface area contributed by atoms with Crippen LogP contribution in [0.4, 0.5) is 39.5 Å². The Morgan fingerprint density at radius 2 is 0.650 bits per heavy atom. The largest absolute Gasteiger partial charge is 0.481 e. The smallest absolute Gasteiger partial charge is 0.400 e. The molecule has 24 heteroatoms. The number of carboxylic acids is 1. The minimum Gasteiger partial charge on any atom is -0.481 e. The lowest BCUT2D eigenvalue weighted by molar-refractivity contribution is -0.145. The molecule has 0 bridgehead atoms. The molecular formula is C96H94BrClF9NO12. The third kappa shape index (κ3) is 20.9. The fraction of sp³-hybridized carbons (Fsp3) is 0.312. The molecule has 10 aromatic carbocycles. The maximum Gasteiger partial charge on any atom is 0.400 e. The first-order valence-corrected chi connectivity index (χ1v) is 40.6. The van der Waals surface area contributed by atoms with Gasteiger partial charge in [0.25, 0.3) is 12.9 Å². The van der Waals surface area contributed by atoms with Gasteiger partial charge in [-0.2, -0.15) is 39.5 Å². The van der Waals surface area contributed by atoms with Crippen LogP contribution in [-0.2, 0) is 65.0 Å². The van der Waals surface area contributed by atoms with Crippen LogP contribution in [0.3, 0.4) is 0 Å². The second-order valence-corrected chi connectivity index (χ2v) is 30.2. The number of carboxylic acid groups (broad SMARTS) is 1. The van der Waals surface area contributed by atoms with Crippen LogP contribution in [0.25, 0.3) is 55.6 Å². The van der Waals surface area contributed by atoms with Gasteiger partial charge < -0.3 is 35.3 Å². The maximum absolute atomic E-state index is 13.2. The molecule has 0 heterocycles. The van der Waals surface area contributed by atoms with Gasteiger partial charge in [-0.15, -0.1) is 12.4 Å². The number of aliphatic hydroxyl groups excluding tert-OH is 2. The number of aliphatic hydroxyl groups is 2. The lowest BCUT2D eigenvalue weighted by Crippen LogP contribution is -2.36. The van der Waals surface area contributed by atoms with Crippen molar-refractivity contribution in [1.29, 1.82) is 0 Å². The molecule has 0 aliphatic heterocycles. The molecule has 120 heavy (non-hydrogen) atoms. The Hall–Kier alpha value is -10.6. The van der Waals surface area contributed by atoms with E-state index < -0.39 is 90.5 Å². The quantitative estimate of drug-likeness (QED) is 0.00897. The highest BCUT2D eigenvalue weighted by atomic mass is 79.9. The van der Waals surface area contributed by atoms with Crippen LogP contribution < -0.4 is 5.73 Å². The number of halogens is 11. The Balaban J connectivity index is 0.000000168. The molecule has 13 nitrogen and oxygen atoms in total. The van der Waals surface area contributed by atoms with Gasteiger partial charge in [0.2, 0.25) is 0 Å². The summed E-state index contributed by atoms with van der Waals surface area (Å²) in [5.41, 5.74) is 20.1. The number of carbonyl (C=O) groups excluding carboxylic acids is 5. The van der Waals surface area contributed by atoms with Crippen LogP contribution in [0, 0.1) is 0 Å². The van der Waals surface area contributed by atoms with E-state index in [9.17, 15) is 73.4 Å². The highest BCUT2D eigenvalue weighted by Crippen LogP contribution is 2.57. The molecule has 0 atom stereocenters. The first-order valence-electron chi connectivity index (χ1n) is 39.5. The van der Waals surface area contributed by atoms with Crippen molar-refractivity contribution in [3.8, 4) is 55.6 Å². The topological polar surface area (TPSA) is 217 Å². The number of aliphatic carboxylic acids is 1. The van der Waals surface area contributed by atoms with Gasteiger partial charge >= 0.3 is 30.5 Å². The molecule has 5 aliphatic rings. The average Bonchev–Trinajstić information content (AvgIpc) is 1.47. The number of unbranched alkanes of at least 4 members (excludes halogenated alkanes) is 4. The van der Waals surface area contributed by atoms with Gasteiger partial charge in [0.15, 0.2) is 11.2 Å². The Labute approximate surface area is 706 Å². The van der Waals surface area contributed by atoms with Gasteiger partial charge in [-0.3, -0.25) is 28.8 Å². The number of alkyl halides is 10. The van der Waals surface area contributed by atoms with E-state index >= 15 is 0 Å². The monoisotopic (exact) mass is 1740 g/mol. The van der Waals surface area contributed by atoms with Crippen molar-refractivity contribution in [2.24, 2.45) is 5.73 Å². The number of hydrogen-bond donors (Lipinski definition) is 4. The molecule has 0 fully saturated rings. The summed E-state index contributed by atoms with van der Waals surface area (Å²) in [6.07, 6.45) is -8.08. The standard InChI is InChI=1S/C21H20BrF3O.C21H21F3O2.C20H20O4.C18H18O3.C14H10O2.C2H4F3N.ClH/c22-14-6-5-12-20(19(26)11-13-21(23,24)25)17-9-3-1-7-15(17)16-8-2-4-10-18(16)20;22-21(23,24)13-11-19(26)20(12-5-6-14-25)17-9-3-1-7-15(17)16-8-2-4-10-18(16)20;1-15(22)23-13-7-6-12-20(24-14-21)18-10-4-2-8-16(18)17-9-3-5-11-19(17)20;19-12-6-5-11-18(21-13-20)16-9-3-1-7-14(16)15-8-2-4-10-17(15)18;15-14(16)13-11-7-3-1-5-9(11)10-6-2-4-8-12(10)13;3-2(4,5)1-6;/h1-4,7-10H,5-6,11-14H2;1-4,7-10,25H,5-6,11-14H2;2-5,8-11,14H,6-7,12-13H2,1H3;1-4,7-10,13,19H,5-6,11-12H2;1-8,13H,(H,15,16);1,6H2;1H. The molecule has 0 aromatic heterocycles. The van der Waals surface area contributed by atoms with E-state index in [1.54, 1.807) is 0 Å². The number of Topliss-reactive ketones (excluding diaryl/α,β-unsaturated/α-hetero) is 2. The fourth-order valence-corrected chi connectivity index (χ4v) is 17.6. The first-order chi connectivity index (χ1) is 57.2. The van der Waals surface area contributed by atoms with Gasteiger partial charge in [-0.1, -0.05) is 265 Å². The molecule has 0 saturated carbocycles. The van der Waals surface area contributed by atoms with E-state index in [0.29, 0.717) is 64.5 Å². The summed E-state index contributed by atoms with van der Waals surface area (Å²) in [6, 6.07) is 77.8. The number of hydrogen-bond acceptors (Lipinski definition) is 12. The third-order valence-electron chi connectivity index (χ3n) is 22.3. The lowest BCUT2D eigenvalue weighted by atomic mass is 9.70. The normalized spacial score (nSPS) is 14.0. The molecule has 0 spiro atoms. The van der Waals surface area contributed by atoms with Crippen molar-refractivity contribution in [2.75, 3.05) is 31.7 Å². The minimum absolute atomic E-state index is 0. The Morgan fingerprint density at radius 3 is 0.917 bits per heavy atom. The number of esters is 1. The van der Waals surface area contributed by atoms with E-state index in [2.05, 4.69) is 45.9 Å². The number of benzene rings is 10. The van der Waals surface area contributed by atoms with Crippen molar-refractivity contribution < 1.29 is 97.8 Å². The fourth-order valence-electron chi connectivity index (χ4n) is 17.2. The predicted molar refractivity (Wildman–Crippen MR) is 449 cm³/mol. The Bertz CT molecular complexity index is 4800. The summed E-state index contributed by atoms with van der Waals surface area (Å²) in [4.78, 5) is 71.0. The molecule has 0 unspecified atom stereocenters. The Morgan fingerprint density at radius 1 is 0.392 bits per heavy atom. The summed E-state index contributed by atoms with van der Waals surface area (Å²) in [5.74, 6) is -2.29. The summed E-state index contributed by atoms with van der Waals surface area (Å²) in [7, 11) is 0. The van der Waals surface area contributed by atoms with Gasteiger partial charge in [-0.05, 0) is 160 Å². The van der Waals surface area contributed by atoms with Crippen LogP contribution in [-0.4, -0.2) is 102 Å². The lowest BCUT2D eigenvalue weighted by Gasteiger charge is -2.31. The SMILES string of the molecule is CC(=O)OCCCCC1(OC=O)c2ccccc2-c2ccccc21.Cl.NCC(F)(F)F.O=C(CCC(F)(F)F)C1(CCCCBr)c2ccccc2-c2ccccc21.O=C(CCC(F)(F)F)C1(CCCCO)c2ccccc2-c2ccccc21.O=C(O)C1c2ccccc2-c2ccccc21.O=COC1(CCCCO)c2ccccc2-c2ccccc21. The van der Waals surface area contributed by atoms with Crippen molar-refractivity contribution in [3.05, 3.63) is 298 Å². The van der Waals surface area contributed by atoms with Crippen molar-refractivity contribution in [3.63, 3.8) is 0 Å². The second kappa shape index (κ2) is 42.1. The van der Waals surface area contributed by atoms with Crippen LogP contribution in [0.15, 0.2) is 243 Å². The highest BCUT2D eigenvalue weighted by Gasteiger charge is 2.52. The van der Waals surface area contributed by atoms with Crippen LogP contribution in [0.1, 0.15) is 171 Å². The van der Waals surface area contributed by atoms with Gasteiger partial charge in [0.1, 0.15) is 17.5 Å². The molecule has 10 aromatic rings. The molecule has 0 radical (unpaired) electrons. The van der Waals surface area contributed by atoms with Crippen molar-refractivity contribution in [1.82, 2.24) is 0 Å². The van der Waals surface area contributed by atoms with Gasteiger partial charge in [0, 0.05) is 60.6 Å². The number of carbonyl (C=O) groups is 6. The number of ether oxygens (including phenoxy) is 3. The summed E-state index contributed by atoms with van der Waals surface area (Å²) in [6.45, 7) is 1.78. The number of rotatable bonds is 28. The van der Waals surface area contributed by atoms with Gasteiger partial charge in [-0.25, -0.2) is 0 Å². The summed E-state index contributed by atoms with van der Waals surface area (Å²) < 4.78 is 125. The minimum atomic E-state index is -4.36. The molecule has 5 N–H and O–H groups in total. The number of fused-ring (bicyclic) bond motifs is 15. The zero-order valence-corrected chi connectivity index (χ0v) is 68.4. The van der Waals surface area contributed by atoms with Crippen molar-refractivity contribution >= 4 is 64.8 Å². The zero-order chi connectivity index (χ0) is 85.6. The average molecular weight is 1740 g/mol. The van der Waals surface area contributed by atoms with Gasteiger partial charge in [0.05, 0.1) is 36.8 Å². The molecule has 5 aliphatic carbocycles. The second-order valence-electron chi connectivity index (χ2n) is 29.4.